The molecule has 6 nitrogen and oxygen atoms in total. The maximum Gasteiger partial charge on any atom is 0.191 e. The van der Waals surface area contributed by atoms with Crippen LogP contribution in [0.3, 0.4) is 0 Å². The summed E-state index contributed by atoms with van der Waals surface area (Å²) in [5.41, 5.74) is 3.95. The molecule has 0 aliphatic carbocycles. The van der Waals surface area contributed by atoms with Gasteiger partial charge in [0.1, 0.15) is 0 Å². The maximum atomic E-state index is 13.0. The number of nitrogens with zero attached hydrogens (tertiary/aromatic N) is 4. The van der Waals surface area contributed by atoms with Gasteiger partial charge in [-0.1, -0.05) is 67.5 Å². The monoisotopic (exact) mass is 496 g/mol. The number of ether oxygens (including phenoxy) is 1. The molecule has 1 aliphatic rings. The van der Waals surface area contributed by atoms with Crippen LogP contribution >= 0.6 is 23.4 Å². The highest BCUT2D eigenvalue weighted by Crippen LogP contribution is 2.46. The number of para-hydroxylation sites is 1. The number of ketones is 1. The van der Waals surface area contributed by atoms with Gasteiger partial charge in [0.05, 0.1) is 10.8 Å². The van der Waals surface area contributed by atoms with E-state index in [1.807, 2.05) is 48.0 Å². The maximum absolute atomic E-state index is 13.0. The van der Waals surface area contributed by atoms with Crippen LogP contribution in [0.25, 0.3) is 11.4 Å². The molecule has 34 heavy (non-hydrogen) atoms. The number of methoxy groups -OCH3 is 1. The lowest BCUT2D eigenvalue weighted by Gasteiger charge is -2.23. The fourth-order valence-electron chi connectivity index (χ4n) is 4.39. The van der Waals surface area contributed by atoms with Gasteiger partial charge in [0.15, 0.2) is 16.8 Å². The second kappa shape index (κ2) is 10.3. The Morgan fingerprint density at radius 1 is 1.15 bits per heavy atom. The molecule has 2 aromatic carbocycles. The molecule has 0 saturated carbocycles. The van der Waals surface area contributed by atoms with Gasteiger partial charge in [-0.2, -0.15) is 0 Å². The lowest BCUT2D eigenvalue weighted by Crippen LogP contribution is -2.24. The summed E-state index contributed by atoms with van der Waals surface area (Å²) >= 11 is 7.82. The Balaban J connectivity index is 1.54. The molecule has 178 valence electrons. The van der Waals surface area contributed by atoms with Crippen molar-refractivity contribution in [2.24, 2.45) is 0 Å². The van der Waals surface area contributed by atoms with E-state index in [2.05, 4.69) is 41.1 Å². The predicted molar refractivity (Wildman–Crippen MR) is 139 cm³/mol. The van der Waals surface area contributed by atoms with Crippen molar-refractivity contribution in [3.05, 3.63) is 70.9 Å². The Hall–Kier alpha value is -2.61. The molecule has 0 spiro atoms. The molecular weight excluding hydrogens is 468 g/mol. The molecule has 0 fully saturated rings. The van der Waals surface area contributed by atoms with E-state index >= 15 is 0 Å². The molecular formula is C26H29ClN4O2S. The Morgan fingerprint density at radius 3 is 2.62 bits per heavy atom. The zero-order chi connectivity index (χ0) is 24.3. The lowest BCUT2D eigenvalue weighted by atomic mass is 9.83. The van der Waals surface area contributed by atoms with E-state index in [1.165, 1.54) is 17.3 Å². The first kappa shape index (κ1) is 24.5. The van der Waals surface area contributed by atoms with Gasteiger partial charge in [-0.25, -0.2) is 0 Å². The zero-order valence-corrected chi connectivity index (χ0v) is 21.5. The van der Waals surface area contributed by atoms with E-state index in [4.69, 9.17) is 16.3 Å². The fraction of sp³-hybridized carbons (Fsp3) is 0.346. The van der Waals surface area contributed by atoms with Crippen molar-refractivity contribution in [3.8, 4) is 11.4 Å². The largest absolute Gasteiger partial charge is 0.385 e. The summed E-state index contributed by atoms with van der Waals surface area (Å²) in [4.78, 5) is 15.1. The number of fused-ring (bicyclic) bond motifs is 1. The second-order valence-electron chi connectivity index (χ2n) is 8.77. The summed E-state index contributed by atoms with van der Waals surface area (Å²) in [7, 11) is 3.70. The Labute approximate surface area is 210 Å². The van der Waals surface area contributed by atoms with E-state index in [-0.39, 0.29) is 17.0 Å². The van der Waals surface area contributed by atoms with Crippen molar-refractivity contribution in [2.45, 2.75) is 37.4 Å². The number of allylic oxidation sites excluding steroid dienone is 2. The van der Waals surface area contributed by atoms with Crippen LogP contribution in [-0.4, -0.2) is 47.1 Å². The van der Waals surface area contributed by atoms with Crippen LogP contribution < -0.4 is 4.90 Å². The third-order valence-corrected chi connectivity index (χ3v) is 7.46. The zero-order valence-electron chi connectivity index (χ0n) is 19.9. The lowest BCUT2D eigenvalue weighted by molar-refractivity contribution is -0.112. The summed E-state index contributed by atoms with van der Waals surface area (Å²) in [5, 5.41) is 10.1. The van der Waals surface area contributed by atoms with Crippen LogP contribution in [0.15, 0.2) is 65.5 Å². The van der Waals surface area contributed by atoms with Gasteiger partial charge in [0.2, 0.25) is 0 Å². The first-order valence-electron chi connectivity index (χ1n) is 11.2. The number of benzene rings is 2. The van der Waals surface area contributed by atoms with Crippen molar-refractivity contribution < 1.29 is 9.53 Å². The molecule has 2 heterocycles. The van der Waals surface area contributed by atoms with Gasteiger partial charge in [-0.15, -0.1) is 10.2 Å². The van der Waals surface area contributed by atoms with Crippen LogP contribution in [0.5, 0.6) is 0 Å². The Bertz CT molecular complexity index is 1220. The van der Waals surface area contributed by atoms with Crippen LogP contribution in [0.1, 0.15) is 25.8 Å². The van der Waals surface area contributed by atoms with E-state index < -0.39 is 0 Å². The van der Waals surface area contributed by atoms with Crippen LogP contribution in [0, 0.1) is 0 Å². The molecule has 3 aromatic rings. The highest BCUT2D eigenvalue weighted by atomic mass is 35.5. The minimum Gasteiger partial charge on any atom is -0.385 e. The van der Waals surface area contributed by atoms with Gasteiger partial charge in [-0.3, -0.25) is 4.79 Å². The number of carbonyl (C=O) groups excluding carboxylic acids is 1. The molecule has 0 radical (unpaired) electrons. The molecule has 0 unspecified atom stereocenters. The fourth-order valence-corrected chi connectivity index (χ4v) is 5.40. The number of carbonyl (C=O) groups is 1. The van der Waals surface area contributed by atoms with Crippen LogP contribution in [0.2, 0.25) is 5.02 Å². The highest BCUT2D eigenvalue weighted by Gasteiger charge is 2.38. The molecule has 0 amide bonds. The molecule has 0 N–H and O–H groups in total. The van der Waals surface area contributed by atoms with Crippen molar-refractivity contribution in [3.63, 3.8) is 0 Å². The van der Waals surface area contributed by atoms with Gasteiger partial charge in [0, 0.05) is 55.7 Å². The summed E-state index contributed by atoms with van der Waals surface area (Å²) in [5.74, 6) is 1.01. The third kappa shape index (κ3) is 4.78. The number of rotatable bonds is 9. The van der Waals surface area contributed by atoms with E-state index in [9.17, 15) is 4.79 Å². The molecule has 0 bridgehead atoms. The second-order valence-corrected chi connectivity index (χ2v) is 10.1. The van der Waals surface area contributed by atoms with Gasteiger partial charge in [0.25, 0.3) is 0 Å². The summed E-state index contributed by atoms with van der Waals surface area (Å²) in [6.07, 6.45) is 2.57. The smallest absolute Gasteiger partial charge is 0.191 e. The summed E-state index contributed by atoms with van der Waals surface area (Å²) in [6.45, 7) is 5.61. The van der Waals surface area contributed by atoms with Crippen molar-refractivity contribution in [1.82, 2.24) is 14.8 Å². The normalized spacial score (nSPS) is 15.7. The number of hydrogen-bond acceptors (Lipinski definition) is 6. The average Bonchev–Trinajstić information content (AvgIpc) is 3.31. The number of anilines is 1. The highest BCUT2D eigenvalue weighted by molar-refractivity contribution is 7.99. The predicted octanol–water partition coefficient (Wildman–Crippen LogP) is 5.61. The Kier molecular flexibility index (Phi) is 7.45. The van der Waals surface area contributed by atoms with Crippen molar-refractivity contribution in [2.75, 3.05) is 31.4 Å². The number of likely N-dealkylation sites (N-methyl/N-ethyl adjacent to an activating group) is 1. The van der Waals surface area contributed by atoms with Crippen LogP contribution in [-0.2, 0) is 21.5 Å². The average molecular weight is 497 g/mol. The number of halogens is 1. The molecule has 8 heteroatoms. The number of aromatic nitrogens is 3. The standard InChI is InChI=1S/C26H29ClN4O2S/c1-26(2)20-11-6-8-13-22(20)30(3)23(26)16-18(32)17-34-25-29-28-24(31(25)14-9-15-33-4)19-10-5-7-12-21(19)27/h5-8,10-13,16H,9,14-15,17H2,1-4H3/b23-16+. The first-order valence-corrected chi connectivity index (χ1v) is 12.6. The van der Waals surface area contributed by atoms with Gasteiger partial charge < -0.3 is 14.2 Å². The van der Waals surface area contributed by atoms with Gasteiger partial charge in [-0.05, 0) is 30.2 Å². The molecule has 1 aliphatic heterocycles. The SMILES string of the molecule is COCCCn1c(SCC(=O)/C=C2/N(C)c3ccccc3C2(C)C)nnc1-c1ccccc1Cl. The third-order valence-electron chi connectivity index (χ3n) is 6.14. The quantitative estimate of drug-likeness (QED) is 0.218. The van der Waals surface area contributed by atoms with Gasteiger partial charge >= 0.3 is 0 Å². The summed E-state index contributed by atoms with van der Waals surface area (Å²) < 4.78 is 7.25. The van der Waals surface area contributed by atoms with E-state index in [0.29, 0.717) is 29.2 Å². The molecule has 0 saturated heterocycles. The van der Waals surface area contributed by atoms with Crippen LogP contribution in [0.4, 0.5) is 5.69 Å². The number of hydrogen-bond donors (Lipinski definition) is 0. The van der Waals surface area contributed by atoms with Crippen molar-refractivity contribution in [1.29, 1.82) is 0 Å². The summed E-state index contributed by atoms with van der Waals surface area (Å²) in [6, 6.07) is 15.9. The number of thioether (sulfide) groups is 1. The topological polar surface area (TPSA) is 60.2 Å². The molecule has 1 aromatic heterocycles. The molecule has 4 rings (SSSR count). The van der Waals surface area contributed by atoms with Crippen molar-refractivity contribution >= 4 is 34.8 Å². The van der Waals surface area contributed by atoms with E-state index in [0.717, 1.165) is 23.4 Å². The molecule has 0 atom stereocenters. The Morgan fingerprint density at radius 2 is 1.88 bits per heavy atom. The first-order chi connectivity index (χ1) is 16.3. The van der Waals surface area contributed by atoms with E-state index in [1.54, 1.807) is 13.2 Å². The minimum atomic E-state index is -0.233. The minimum absolute atomic E-state index is 0.0402.